The standard InChI is InChI=1S/C16H24BrNO3/c1-5-20-11-7-8-12(13(17)9-11)14(18)10-16(3,4)15(19)21-6-2/h7-9,14H,5-6,10,18H2,1-4H3. The Bertz CT molecular complexity index is 488. The predicted molar refractivity (Wildman–Crippen MR) is 87.3 cm³/mol. The molecule has 0 saturated carbocycles. The van der Waals surface area contributed by atoms with Gasteiger partial charge in [0, 0.05) is 10.5 Å². The number of esters is 1. The van der Waals surface area contributed by atoms with Gasteiger partial charge < -0.3 is 15.2 Å². The molecule has 0 amide bonds. The van der Waals surface area contributed by atoms with Crippen molar-refractivity contribution in [2.45, 2.75) is 40.2 Å². The predicted octanol–water partition coefficient (Wildman–Crippen LogP) is 3.83. The molecule has 1 rings (SSSR count). The minimum absolute atomic E-state index is 0.220. The van der Waals surface area contributed by atoms with E-state index in [2.05, 4.69) is 15.9 Å². The van der Waals surface area contributed by atoms with E-state index in [0.29, 0.717) is 19.6 Å². The average Bonchev–Trinajstić information content (AvgIpc) is 2.38. The fourth-order valence-corrected chi connectivity index (χ4v) is 2.79. The summed E-state index contributed by atoms with van der Waals surface area (Å²) in [6, 6.07) is 5.46. The van der Waals surface area contributed by atoms with Crippen LogP contribution in [0.2, 0.25) is 0 Å². The van der Waals surface area contributed by atoms with E-state index in [1.807, 2.05) is 39.0 Å². The molecule has 0 spiro atoms. The van der Waals surface area contributed by atoms with Gasteiger partial charge in [0.05, 0.1) is 18.6 Å². The van der Waals surface area contributed by atoms with Crippen LogP contribution in [0.25, 0.3) is 0 Å². The van der Waals surface area contributed by atoms with Crippen LogP contribution >= 0.6 is 15.9 Å². The molecule has 21 heavy (non-hydrogen) atoms. The third-order valence-corrected chi connectivity index (χ3v) is 3.93. The SMILES string of the molecule is CCOC(=O)C(C)(C)CC(N)c1ccc(OCC)cc1Br. The number of ether oxygens (including phenoxy) is 2. The minimum Gasteiger partial charge on any atom is -0.494 e. The lowest BCUT2D eigenvalue weighted by Crippen LogP contribution is -2.31. The van der Waals surface area contributed by atoms with E-state index in [9.17, 15) is 4.79 Å². The topological polar surface area (TPSA) is 61.5 Å². The summed E-state index contributed by atoms with van der Waals surface area (Å²) in [7, 11) is 0. The highest BCUT2D eigenvalue weighted by atomic mass is 79.9. The zero-order chi connectivity index (χ0) is 16.0. The van der Waals surface area contributed by atoms with Crippen LogP contribution in [0.3, 0.4) is 0 Å². The molecule has 1 aromatic carbocycles. The maximum absolute atomic E-state index is 11.9. The first-order valence-corrected chi connectivity index (χ1v) is 7.96. The van der Waals surface area contributed by atoms with E-state index in [1.165, 1.54) is 0 Å². The molecule has 5 heteroatoms. The van der Waals surface area contributed by atoms with Crippen LogP contribution in [-0.4, -0.2) is 19.2 Å². The van der Waals surface area contributed by atoms with Crippen molar-refractivity contribution < 1.29 is 14.3 Å². The summed E-state index contributed by atoms with van der Waals surface area (Å²) >= 11 is 3.52. The van der Waals surface area contributed by atoms with Crippen LogP contribution in [0.1, 0.15) is 45.7 Å². The largest absolute Gasteiger partial charge is 0.494 e. The van der Waals surface area contributed by atoms with Crippen LogP contribution in [0.4, 0.5) is 0 Å². The van der Waals surface area contributed by atoms with E-state index in [0.717, 1.165) is 15.8 Å². The first-order valence-electron chi connectivity index (χ1n) is 7.16. The fraction of sp³-hybridized carbons (Fsp3) is 0.562. The van der Waals surface area contributed by atoms with Crippen molar-refractivity contribution >= 4 is 21.9 Å². The Balaban J connectivity index is 2.84. The van der Waals surface area contributed by atoms with Gasteiger partial charge in [0.15, 0.2) is 0 Å². The lowest BCUT2D eigenvalue weighted by Gasteiger charge is -2.26. The quantitative estimate of drug-likeness (QED) is 0.753. The van der Waals surface area contributed by atoms with Gasteiger partial charge in [0.1, 0.15) is 5.75 Å². The molecule has 1 aromatic rings. The molecular weight excluding hydrogens is 334 g/mol. The van der Waals surface area contributed by atoms with Gasteiger partial charge in [-0.25, -0.2) is 0 Å². The fourth-order valence-electron chi connectivity index (χ4n) is 2.13. The van der Waals surface area contributed by atoms with E-state index in [-0.39, 0.29) is 12.0 Å². The van der Waals surface area contributed by atoms with Gasteiger partial charge in [-0.2, -0.15) is 0 Å². The molecule has 0 saturated heterocycles. The first kappa shape index (κ1) is 18.0. The Morgan fingerprint density at radius 3 is 2.52 bits per heavy atom. The molecule has 0 bridgehead atoms. The van der Waals surface area contributed by atoms with E-state index in [4.69, 9.17) is 15.2 Å². The smallest absolute Gasteiger partial charge is 0.311 e. The number of hydrogen-bond acceptors (Lipinski definition) is 4. The Labute approximate surface area is 135 Å². The Kier molecular flexibility index (Phi) is 6.68. The highest BCUT2D eigenvalue weighted by molar-refractivity contribution is 9.10. The normalized spacial score (nSPS) is 12.9. The third kappa shape index (κ3) is 5.00. The zero-order valence-electron chi connectivity index (χ0n) is 13.1. The van der Waals surface area contributed by atoms with Crippen molar-refractivity contribution in [3.05, 3.63) is 28.2 Å². The lowest BCUT2D eigenvalue weighted by atomic mass is 9.84. The van der Waals surface area contributed by atoms with Gasteiger partial charge >= 0.3 is 5.97 Å². The number of hydrogen-bond donors (Lipinski definition) is 1. The van der Waals surface area contributed by atoms with E-state index < -0.39 is 5.41 Å². The molecule has 0 aromatic heterocycles. The third-order valence-electron chi connectivity index (χ3n) is 3.24. The monoisotopic (exact) mass is 357 g/mol. The van der Waals surface area contributed by atoms with Crippen LogP contribution < -0.4 is 10.5 Å². The van der Waals surface area contributed by atoms with Gasteiger partial charge in [0.2, 0.25) is 0 Å². The first-order chi connectivity index (χ1) is 9.81. The van der Waals surface area contributed by atoms with Crippen molar-refractivity contribution in [3.63, 3.8) is 0 Å². The van der Waals surface area contributed by atoms with Crippen LogP contribution in [0.5, 0.6) is 5.75 Å². The number of benzene rings is 1. The molecule has 2 N–H and O–H groups in total. The second-order valence-corrected chi connectivity index (χ2v) is 6.39. The second-order valence-electron chi connectivity index (χ2n) is 5.53. The van der Waals surface area contributed by atoms with Crippen LogP contribution in [0, 0.1) is 5.41 Å². The van der Waals surface area contributed by atoms with Crippen LogP contribution in [0.15, 0.2) is 22.7 Å². The maximum Gasteiger partial charge on any atom is 0.311 e. The number of nitrogens with two attached hydrogens (primary N) is 1. The van der Waals surface area contributed by atoms with Crippen molar-refractivity contribution in [2.75, 3.05) is 13.2 Å². The van der Waals surface area contributed by atoms with Gasteiger partial charge in [-0.15, -0.1) is 0 Å². The average molecular weight is 358 g/mol. The molecule has 0 aliphatic heterocycles. The molecule has 1 atom stereocenters. The van der Waals surface area contributed by atoms with Gasteiger partial charge in [0.25, 0.3) is 0 Å². The van der Waals surface area contributed by atoms with E-state index >= 15 is 0 Å². The maximum atomic E-state index is 11.9. The molecule has 0 heterocycles. The summed E-state index contributed by atoms with van der Waals surface area (Å²) < 4.78 is 11.4. The number of carbonyl (C=O) groups is 1. The molecule has 0 fully saturated rings. The molecule has 0 radical (unpaired) electrons. The summed E-state index contributed by atoms with van der Waals surface area (Å²) in [5.41, 5.74) is 6.60. The Hall–Kier alpha value is -1.07. The van der Waals surface area contributed by atoms with Crippen molar-refractivity contribution in [1.29, 1.82) is 0 Å². The van der Waals surface area contributed by atoms with E-state index in [1.54, 1.807) is 6.92 Å². The molecule has 0 aliphatic rings. The highest BCUT2D eigenvalue weighted by Crippen LogP contribution is 2.34. The molecular formula is C16H24BrNO3. The molecule has 1 unspecified atom stereocenters. The molecule has 0 aliphatic carbocycles. The lowest BCUT2D eigenvalue weighted by molar-refractivity contribution is -0.154. The summed E-state index contributed by atoms with van der Waals surface area (Å²) in [4.78, 5) is 11.9. The van der Waals surface area contributed by atoms with Crippen molar-refractivity contribution in [1.82, 2.24) is 0 Å². The van der Waals surface area contributed by atoms with Gasteiger partial charge in [-0.05, 0) is 51.8 Å². The zero-order valence-corrected chi connectivity index (χ0v) is 14.7. The summed E-state index contributed by atoms with van der Waals surface area (Å²) in [6.07, 6.45) is 0.512. The van der Waals surface area contributed by atoms with Crippen molar-refractivity contribution in [2.24, 2.45) is 11.1 Å². The Morgan fingerprint density at radius 2 is 2.00 bits per heavy atom. The summed E-state index contributed by atoms with van der Waals surface area (Å²) in [6.45, 7) is 8.45. The highest BCUT2D eigenvalue weighted by Gasteiger charge is 2.32. The van der Waals surface area contributed by atoms with Crippen LogP contribution in [-0.2, 0) is 9.53 Å². The number of carbonyl (C=O) groups excluding carboxylic acids is 1. The van der Waals surface area contributed by atoms with Gasteiger partial charge in [-0.3, -0.25) is 4.79 Å². The summed E-state index contributed by atoms with van der Waals surface area (Å²) in [5.74, 6) is 0.576. The Morgan fingerprint density at radius 1 is 1.33 bits per heavy atom. The molecule has 4 nitrogen and oxygen atoms in total. The summed E-state index contributed by atoms with van der Waals surface area (Å²) in [5, 5.41) is 0. The number of halogens is 1. The molecule has 118 valence electrons. The second kappa shape index (κ2) is 7.80. The van der Waals surface area contributed by atoms with Gasteiger partial charge in [-0.1, -0.05) is 22.0 Å². The minimum atomic E-state index is -0.618. The number of rotatable bonds is 7. The van der Waals surface area contributed by atoms with Crippen molar-refractivity contribution in [3.8, 4) is 5.75 Å².